The molecule has 1 unspecified atom stereocenters. The van der Waals surface area contributed by atoms with E-state index in [1.165, 1.54) is 13.2 Å². The van der Waals surface area contributed by atoms with Crippen LogP contribution in [0.15, 0.2) is 41.2 Å². The summed E-state index contributed by atoms with van der Waals surface area (Å²) in [7, 11) is 3.04. The molecule has 5 rings (SSSR count). The molecule has 190 valence electrons. The van der Waals surface area contributed by atoms with Gasteiger partial charge in [0.15, 0.2) is 0 Å². The second-order valence-corrected chi connectivity index (χ2v) is 9.96. The molecule has 3 aliphatic rings. The third-order valence-electron chi connectivity index (χ3n) is 7.65. The fourth-order valence-corrected chi connectivity index (χ4v) is 5.47. The van der Waals surface area contributed by atoms with Crippen molar-refractivity contribution in [3.05, 3.63) is 63.6 Å². The lowest BCUT2D eigenvalue weighted by atomic mass is 9.94. The van der Waals surface area contributed by atoms with Crippen LogP contribution in [0.4, 0.5) is 0 Å². The van der Waals surface area contributed by atoms with Crippen molar-refractivity contribution in [2.45, 2.75) is 37.6 Å². The van der Waals surface area contributed by atoms with Crippen molar-refractivity contribution in [1.29, 1.82) is 0 Å². The number of ether oxygens (including phenoxy) is 2. The van der Waals surface area contributed by atoms with E-state index in [4.69, 9.17) is 9.47 Å². The van der Waals surface area contributed by atoms with Gasteiger partial charge >= 0.3 is 5.97 Å². The molecule has 1 aromatic heterocycles. The molecule has 2 aliphatic heterocycles. The molecule has 3 heterocycles. The minimum Gasteiger partial charge on any atom is -0.492 e. The van der Waals surface area contributed by atoms with Crippen LogP contribution in [0.5, 0.6) is 5.75 Å². The minimum absolute atomic E-state index is 0.0182. The van der Waals surface area contributed by atoms with Crippen molar-refractivity contribution in [2.24, 2.45) is 5.92 Å². The molecule has 2 aromatic rings. The predicted molar refractivity (Wildman–Crippen MR) is 131 cm³/mol. The Balaban J connectivity index is 1.39. The quantitative estimate of drug-likeness (QED) is 0.567. The van der Waals surface area contributed by atoms with E-state index in [-0.39, 0.29) is 47.8 Å². The number of carbonyl (C=O) groups excluding carboxylic acids is 3. The largest absolute Gasteiger partial charge is 0.492 e. The molecule has 0 radical (unpaired) electrons. The predicted octanol–water partition coefficient (Wildman–Crippen LogP) is 1.61. The number of amides is 2. The van der Waals surface area contributed by atoms with E-state index in [0.29, 0.717) is 38.2 Å². The summed E-state index contributed by atoms with van der Waals surface area (Å²) < 4.78 is 12.6. The summed E-state index contributed by atoms with van der Waals surface area (Å²) in [4.78, 5) is 54.8. The number of hydrogen-bond donors (Lipinski definition) is 0. The Hall–Kier alpha value is -3.62. The van der Waals surface area contributed by atoms with Gasteiger partial charge < -0.3 is 23.8 Å². The maximum atomic E-state index is 13.6. The molecule has 36 heavy (non-hydrogen) atoms. The molecular weight excluding hydrogens is 462 g/mol. The zero-order chi connectivity index (χ0) is 25.4. The van der Waals surface area contributed by atoms with E-state index >= 15 is 0 Å². The number of rotatable bonds is 6. The minimum atomic E-state index is -0.587. The van der Waals surface area contributed by atoms with Crippen LogP contribution >= 0.6 is 0 Å². The smallest absolute Gasteiger partial charge is 0.343 e. The lowest BCUT2D eigenvalue weighted by Crippen LogP contribution is -2.41. The zero-order valence-electron chi connectivity index (χ0n) is 20.7. The van der Waals surface area contributed by atoms with Crippen LogP contribution in [0.1, 0.15) is 40.9 Å². The summed E-state index contributed by atoms with van der Waals surface area (Å²) in [6.07, 6.45) is 2.32. The first-order valence-corrected chi connectivity index (χ1v) is 12.4. The number of benzene rings is 1. The Morgan fingerprint density at radius 2 is 1.83 bits per heavy atom. The number of fused-ring (bicyclic) bond motifs is 1. The van der Waals surface area contributed by atoms with Crippen LogP contribution in [0.2, 0.25) is 0 Å². The molecular formula is C27H31N3O6. The van der Waals surface area contributed by atoms with Gasteiger partial charge in [0, 0.05) is 63.7 Å². The van der Waals surface area contributed by atoms with Gasteiger partial charge in [-0.2, -0.15) is 0 Å². The summed E-state index contributed by atoms with van der Waals surface area (Å²) in [6.45, 7) is 1.85. The lowest BCUT2D eigenvalue weighted by Gasteiger charge is -2.26. The average Bonchev–Trinajstić information content (AvgIpc) is 3.66. The van der Waals surface area contributed by atoms with Gasteiger partial charge in [0.1, 0.15) is 11.3 Å². The molecule has 1 aromatic carbocycles. The summed E-state index contributed by atoms with van der Waals surface area (Å²) in [5.41, 5.74) is 0.979. The third kappa shape index (κ3) is 4.27. The fourth-order valence-electron chi connectivity index (χ4n) is 5.47. The standard InChI is InChI=1S/C27H31N3O6/c1-28-16-18(14-22(28)31)17-36-21-15-23(32)30-13-12-29(11-8-20(30)24(21)25(33)35-2)26(34)27(9-10-27)19-6-4-3-5-7-19/h3-7,15,18H,8-14,16-17H2,1-2H3. The average molecular weight is 494 g/mol. The SMILES string of the molecule is COC(=O)c1c(OCC2CC(=O)N(C)C2)cc(=O)n2c1CCN(C(=O)C1(c3ccccc3)CC1)CC2. The van der Waals surface area contributed by atoms with Gasteiger partial charge in [0.05, 0.1) is 19.1 Å². The van der Waals surface area contributed by atoms with Gasteiger partial charge in [-0.3, -0.25) is 14.4 Å². The summed E-state index contributed by atoms with van der Waals surface area (Å²) in [6, 6.07) is 11.2. The maximum absolute atomic E-state index is 13.6. The number of methoxy groups -OCH3 is 1. The molecule has 0 N–H and O–H groups in total. The van der Waals surface area contributed by atoms with Crippen LogP contribution in [0.25, 0.3) is 0 Å². The van der Waals surface area contributed by atoms with E-state index in [9.17, 15) is 19.2 Å². The monoisotopic (exact) mass is 493 g/mol. The molecule has 0 spiro atoms. The van der Waals surface area contributed by atoms with E-state index in [1.807, 2.05) is 35.2 Å². The molecule has 1 saturated heterocycles. The van der Waals surface area contributed by atoms with E-state index in [0.717, 1.165) is 18.4 Å². The van der Waals surface area contributed by atoms with E-state index in [2.05, 4.69) is 0 Å². The second-order valence-electron chi connectivity index (χ2n) is 9.96. The summed E-state index contributed by atoms with van der Waals surface area (Å²) in [5, 5.41) is 0. The number of aromatic nitrogens is 1. The molecule has 1 aliphatic carbocycles. The Labute approximate surface area is 209 Å². The lowest BCUT2D eigenvalue weighted by molar-refractivity contribution is -0.134. The van der Waals surface area contributed by atoms with Crippen molar-refractivity contribution >= 4 is 17.8 Å². The Bertz CT molecular complexity index is 1250. The zero-order valence-corrected chi connectivity index (χ0v) is 20.7. The van der Waals surface area contributed by atoms with Gasteiger partial charge in [-0.25, -0.2) is 4.79 Å². The van der Waals surface area contributed by atoms with Crippen LogP contribution in [-0.4, -0.2) is 72.5 Å². The Morgan fingerprint density at radius 3 is 2.47 bits per heavy atom. The highest BCUT2D eigenvalue weighted by atomic mass is 16.5. The summed E-state index contributed by atoms with van der Waals surface area (Å²) in [5.74, 6) is -0.317. The third-order valence-corrected chi connectivity index (χ3v) is 7.65. The highest BCUT2D eigenvalue weighted by molar-refractivity contribution is 5.94. The van der Waals surface area contributed by atoms with E-state index in [1.54, 1.807) is 16.5 Å². The second kappa shape index (κ2) is 9.44. The van der Waals surface area contributed by atoms with Gasteiger partial charge in [-0.15, -0.1) is 0 Å². The van der Waals surface area contributed by atoms with Gasteiger partial charge in [0.2, 0.25) is 11.8 Å². The van der Waals surface area contributed by atoms with Crippen molar-refractivity contribution in [3.63, 3.8) is 0 Å². The van der Waals surface area contributed by atoms with Gasteiger partial charge in [0.25, 0.3) is 5.56 Å². The number of esters is 1. The molecule has 9 heteroatoms. The number of pyridine rings is 1. The number of nitrogens with zero attached hydrogens (tertiary/aromatic N) is 3. The highest BCUT2D eigenvalue weighted by Crippen LogP contribution is 2.49. The van der Waals surface area contributed by atoms with Crippen LogP contribution in [0.3, 0.4) is 0 Å². The van der Waals surface area contributed by atoms with Crippen molar-refractivity contribution in [2.75, 3.05) is 40.4 Å². The first-order valence-electron chi connectivity index (χ1n) is 12.4. The highest BCUT2D eigenvalue weighted by Gasteiger charge is 2.53. The van der Waals surface area contributed by atoms with Gasteiger partial charge in [-0.05, 0) is 18.4 Å². The first kappa shape index (κ1) is 24.1. The van der Waals surface area contributed by atoms with E-state index < -0.39 is 11.4 Å². The first-order chi connectivity index (χ1) is 17.3. The van der Waals surface area contributed by atoms with Gasteiger partial charge in [-0.1, -0.05) is 30.3 Å². The fraction of sp³-hybridized carbons (Fsp3) is 0.481. The maximum Gasteiger partial charge on any atom is 0.343 e. The van der Waals surface area contributed by atoms with Crippen molar-refractivity contribution in [3.8, 4) is 5.75 Å². The molecule has 0 bridgehead atoms. The number of likely N-dealkylation sites (tertiary alicyclic amines) is 1. The number of hydrogen-bond acceptors (Lipinski definition) is 6. The normalized spacial score (nSPS) is 20.5. The molecule has 1 saturated carbocycles. The molecule has 1 atom stereocenters. The number of carbonyl (C=O) groups is 3. The van der Waals surface area contributed by atoms with Crippen molar-refractivity contribution < 1.29 is 23.9 Å². The summed E-state index contributed by atoms with van der Waals surface area (Å²) >= 11 is 0. The Kier molecular flexibility index (Phi) is 6.32. The van der Waals surface area contributed by atoms with Crippen LogP contribution < -0.4 is 10.3 Å². The topological polar surface area (TPSA) is 98.2 Å². The Morgan fingerprint density at radius 1 is 1.08 bits per heavy atom. The molecule has 2 amide bonds. The molecule has 2 fully saturated rings. The van der Waals surface area contributed by atoms with Crippen LogP contribution in [-0.2, 0) is 32.7 Å². The van der Waals surface area contributed by atoms with Crippen molar-refractivity contribution in [1.82, 2.24) is 14.4 Å². The molecule has 9 nitrogen and oxygen atoms in total. The van der Waals surface area contributed by atoms with Crippen LogP contribution in [0, 0.1) is 5.92 Å².